The van der Waals surface area contributed by atoms with Crippen LogP contribution < -0.4 is 13.8 Å². The van der Waals surface area contributed by atoms with Gasteiger partial charge in [-0.15, -0.1) is 0 Å². The molecular formula is C35H40N6O7S. The molecule has 1 atom stereocenters. The van der Waals surface area contributed by atoms with Crippen molar-refractivity contribution in [1.29, 1.82) is 5.26 Å². The predicted molar refractivity (Wildman–Crippen MR) is 180 cm³/mol. The van der Waals surface area contributed by atoms with Crippen LogP contribution in [-0.4, -0.2) is 106 Å². The number of hydrogen-bond donors (Lipinski definition) is 0. The van der Waals surface area contributed by atoms with Gasteiger partial charge in [-0.3, -0.25) is 9.69 Å². The first-order chi connectivity index (χ1) is 23.7. The summed E-state index contributed by atoms with van der Waals surface area (Å²) < 4.78 is 47.0. The summed E-state index contributed by atoms with van der Waals surface area (Å²) in [7, 11) is -3.32. The van der Waals surface area contributed by atoms with Gasteiger partial charge in [0, 0.05) is 57.1 Å². The summed E-state index contributed by atoms with van der Waals surface area (Å²) in [5.74, 6) is -1.06. The number of carbonyl (C=O) groups is 2. The quantitative estimate of drug-likeness (QED) is 0.325. The molecule has 3 aliphatic heterocycles. The smallest absolute Gasteiger partial charge is 0.411 e. The number of likely N-dealkylation sites (N-methyl/N-ethyl adjacent to an activating group) is 1. The summed E-state index contributed by atoms with van der Waals surface area (Å²) in [5.41, 5.74) is -2.26. The van der Waals surface area contributed by atoms with Crippen molar-refractivity contribution in [3.8, 4) is 17.7 Å². The number of pyridine rings is 1. The fourth-order valence-corrected chi connectivity index (χ4v) is 8.60. The van der Waals surface area contributed by atoms with Gasteiger partial charge in [0.25, 0.3) is 21.5 Å². The Bertz CT molecular complexity index is 1870. The van der Waals surface area contributed by atoms with E-state index in [1.807, 2.05) is 0 Å². The van der Waals surface area contributed by atoms with Gasteiger partial charge in [-0.25, -0.2) is 18.2 Å². The molecule has 0 radical (unpaired) electrons. The summed E-state index contributed by atoms with van der Waals surface area (Å²) >= 11 is 0. The number of ether oxygens (including phenoxy) is 3. The molecule has 4 heterocycles. The maximum absolute atomic E-state index is 15.0. The van der Waals surface area contributed by atoms with Crippen LogP contribution in [-0.2, 0) is 25.2 Å². The molecule has 2 saturated heterocycles. The van der Waals surface area contributed by atoms with Crippen molar-refractivity contribution in [1.82, 2.24) is 19.7 Å². The lowest BCUT2D eigenvalue weighted by molar-refractivity contribution is -0.132. The summed E-state index contributed by atoms with van der Waals surface area (Å²) in [6.07, 6.45) is 2.12. The Morgan fingerprint density at radius 1 is 1.00 bits per heavy atom. The lowest BCUT2D eigenvalue weighted by Crippen LogP contribution is -2.54. The Morgan fingerprint density at radius 2 is 1.73 bits per heavy atom. The SMILES string of the molecule is CCOc1ncccc1C1(OC(=O)N2CCC(N3CCN(CC)CC3)CC2)C(=O)N(S(=O)(=O)c2ccccc2OC)c2ccc(C#N)cc21. The first-order valence-corrected chi connectivity index (χ1v) is 17.9. The van der Waals surface area contributed by atoms with E-state index in [2.05, 4.69) is 27.8 Å². The molecule has 2 fully saturated rings. The highest BCUT2D eigenvalue weighted by atomic mass is 32.2. The molecule has 0 aliphatic carbocycles. The van der Waals surface area contributed by atoms with E-state index in [1.54, 1.807) is 24.0 Å². The molecule has 0 N–H and O–H groups in total. The highest BCUT2D eigenvalue weighted by Crippen LogP contribution is 2.52. The number of amides is 2. The van der Waals surface area contributed by atoms with Crippen LogP contribution in [0.2, 0.25) is 0 Å². The minimum Gasteiger partial charge on any atom is -0.495 e. The largest absolute Gasteiger partial charge is 0.495 e. The first-order valence-electron chi connectivity index (χ1n) is 16.5. The van der Waals surface area contributed by atoms with Gasteiger partial charge in [0.05, 0.1) is 36.6 Å². The number of rotatable bonds is 9. The maximum atomic E-state index is 15.0. The zero-order valence-corrected chi connectivity index (χ0v) is 28.7. The third-order valence-electron chi connectivity index (χ3n) is 9.56. The molecule has 6 rings (SSSR count). The number of piperidine rings is 1. The number of carbonyl (C=O) groups excluding carboxylic acids is 2. The molecular weight excluding hydrogens is 648 g/mol. The van der Waals surface area contributed by atoms with Crippen molar-refractivity contribution in [2.75, 3.05) is 63.8 Å². The predicted octanol–water partition coefficient (Wildman–Crippen LogP) is 3.58. The van der Waals surface area contributed by atoms with Crippen LogP contribution >= 0.6 is 0 Å². The maximum Gasteiger partial charge on any atom is 0.411 e. The zero-order chi connectivity index (χ0) is 34.8. The van der Waals surface area contributed by atoms with Crippen LogP contribution in [0.1, 0.15) is 43.4 Å². The van der Waals surface area contributed by atoms with Gasteiger partial charge >= 0.3 is 6.09 Å². The molecule has 2 aromatic carbocycles. The Balaban J connectivity index is 1.42. The molecule has 3 aromatic rings. The third-order valence-corrected chi connectivity index (χ3v) is 11.3. The Morgan fingerprint density at radius 3 is 2.41 bits per heavy atom. The molecule has 14 heteroatoms. The molecule has 1 unspecified atom stereocenters. The molecule has 2 amide bonds. The lowest BCUT2D eigenvalue weighted by atomic mass is 9.87. The topological polar surface area (TPSA) is 146 Å². The average Bonchev–Trinajstić information content (AvgIpc) is 3.39. The average molecular weight is 689 g/mol. The van der Waals surface area contributed by atoms with Crippen LogP contribution in [0, 0.1) is 11.3 Å². The zero-order valence-electron chi connectivity index (χ0n) is 27.9. The number of methoxy groups -OCH3 is 1. The number of piperazine rings is 1. The number of sulfonamides is 1. The van der Waals surface area contributed by atoms with Crippen molar-refractivity contribution < 1.29 is 32.2 Å². The van der Waals surface area contributed by atoms with Crippen LogP contribution in [0.3, 0.4) is 0 Å². The van der Waals surface area contributed by atoms with E-state index in [9.17, 15) is 18.5 Å². The standard InChI is InChI=1S/C35H40N6O7S/c1-4-38-19-21-39(22-20-38)26-14-17-40(18-15-26)34(43)48-35(27-9-8-16-37-32(27)47-5-2)28-23-25(24-36)12-13-29(28)41(33(35)42)49(44,45)31-11-7-6-10-30(31)46-3/h6-13,16,23,26H,4-5,14-15,17-22H2,1-3H3. The van der Waals surface area contributed by atoms with E-state index < -0.39 is 27.6 Å². The van der Waals surface area contributed by atoms with Crippen LogP contribution in [0.5, 0.6) is 11.6 Å². The number of fused-ring (bicyclic) bond motifs is 1. The second kappa shape index (κ2) is 14.0. The number of benzene rings is 2. The number of anilines is 1. The minimum atomic E-state index is -4.65. The van der Waals surface area contributed by atoms with Crippen molar-refractivity contribution in [2.45, 2.75) is 43.2 Å². The fourth-order valence-electron chi connectivity index (χ4n) is 6.98. The van der Waals surface area contributed by atoms with Gasteiger partial charge < -0.3 is 24.0 Å². The fraction of sp³-hybridized carbons (Fsp3) is 0.429. The molecule has 13 nitrogen and oxygen atoms in total. The first kappa shape index (κ1) is 34.2. The van der Waals surface area contributed by atoms with E-state index in [4.69, 9.17) is 14.2 Å². The molecule has 1 aromatic heterocycles. The molecule has 258 valence electrons. The number of hydrogen-bond acceptors (Lipinski definition) is 11. The van der Waals surface area contributed by atoms with Gasteiger partial charge in [-0.2, -0.15) is 9.57 Å². The highest BCUT2D eigenvalue weighted by molar-refractivity contribution is 7.93. The van der Waals surface area contributed by atoms with E-state index in [0.29, 0.717) is 23.4 Å². The molecule has 49 heavy (non-hydrogen) atoms. The van der Waals surface area contributed by atoms with Gasteiger partial charge in [0.15, 0.2) is 0 Å². The summed E-state index contributed by atoms with van der Waals surface area (Å²) in [4.78, 5) is 39.8. The van der Waals surface area contributed by atoms with E-state index in [0.717, 1.165) is 45.6 Å². The van der Waals surface area contributed by atoms with E-state index in [-0.39, 0.29) is 45.5 Å². The molecule has 0 spiro atoms. The second-order valence-electron chi connectivity index (χ2n) is 12.1. The van der Waals surface area contributed by atoms with Crippen molar-refractivity contribution in [2.24, 2.45) is 0 Å². The number of nitriles is 1. The van der Waals surface area contributed by atoms with Crippen molar-refractivity contribution in [3.63, 3.8) is 0 Å². The number of aromatic nitrogens is 1. The lowest BCUT2D eigenvalue weighted by Gasteiger charge is -2.42. The normalized spacial score (nSPS) is 20.5. The molecule has 0 saturated carbocycles. The Labute approximate surface area is 286 Å². The highest BCUT2D eigenvalue weighted by Gasteiger charge is 2.61. The van der Waals surface area contributed by atoms with Gasteiger partial charge in [0.1, 0.15) is 10.6 Å². The second-order valence-corrected chi connectivity index (χ2v) is 13.9. The van der Waals surface area contributed by atoms with Crippen LogP contribution in [0.25, 0.3) is 0 Å². The molecule has 3 aliphatic rings. The summed E-state index contributed by atoms with van der Waals surface area (Å²) in [5, 5.41) is 9.89. The Hall–Kier alpha value is -4.71. The van der Waals surface area contributed by atoms with E-state index >= 15 is 4.79 Å². The van der Waals surface area contributed by atoms with Gasteiger partial charge in [-0.1, -0.05) is 19.1 Å². The summed E-state index contributed by atoms with van der Waals surface area (Å²) in [6, 6.07) is 15.5. The van der Waals surface area contributed by atoms with Crippen LogP contribution in [0.4, 0.5) is 10.5 Å². The minimum absolute atomic E-state index is 0.000932. The third kappa shape index (κ3) is 6.07. The Kier molecular flexibility index (Phi) is 9.78. The monoisotopic (exact) mass is 688 g/mol. The number of para-hydroxylation sites is 1. The van der Waals surface area contributed by atoms with Crippen LogP contribution in [0.15, 0.2) is 65.7 Å². The van der Waals surface area contributed by atoms with Crippen molar-refractivity contribution in [3.05, 3.63) is 77.5 Å². The molecule has 0 bridgehead atoms. The van der Waals surface area contributed by atoms with Crippen molar-refractivity contribution >= 4 is 27.7 Å². The van der Waals surface area contributed by atoms with Gasteiger partial charge in [-0.05, 0) is 68.8 Å². The summed E-state index contributed by atoms with van der Waals surface area (Å²) in [6.45, 7) is 9.82. The van der Waals surface area contributed by atoms with Gasteiger partial charge in [0.2, 0.25) is 5.88 Å². The van der Waals surface area contributed by atoms with E-state index in [1.165, 1.54) is 55.8 Å². The number of nitrogens with zero attached hydrogens (tertiary/aromatic N) is 6. The number of likely N-dealkylation sites (tertiary alicyclic amines) is 1.